The van der Waals surface area contributed by atoms with Gasteiger partial charge in [0.25, 0.3) is 0 Å². The topological polar surface area (TPSA) is 64.3 Å². The third-order valence-corrected chi connectivity index (χ3v) is 3.97. The van der Waals surface area contributed by atoms with Crippen LogP contribution in [0, 0.1) is 0 Å². The Balaban J connectivity index is 2.11. The van der Waals surface area contributed by atoms with Crippen LogP contribution in [0.2, 0.25) is 0 Å². The standard InChI is InChI=1S/C16H24N2O2/c1-20-14-10-6-7-12(11-14)15(16(17)19)18-13-8-4-2-3-5-9-13/h6-7,10-11,13,15,18H,2-5,8-9H2,1H3,(H2,17,19). The van der Waals surface area contributed by atoms with Crippen molar-refractivity contribution in [3.63, 3.8) is 0 Å². The van der Waals surface area contributed by atoms with Crippen molar-refractivity contribution in [3.8, 4) is 5.75 Å². The van der Waals surface area contributed by atoms with Crippen molar-refractivity contribution in [2.45, 2.75) is 50.6 Å². The van der Waals surface area contributed by atoms with Gasteiger partial charge in [-0.1, -0.05) is 37.8 Å². The van der Waals surface area contributed by atoms with Gasteiger partial charge in [0.2, 0.25) is 5.91 Å². The number of benzene rings is 1. The summed E-state index contributed by atoms with van der Waals surface area (Å²) in [5, 5.41) is 3.43. The molecular weight excluding hydrogens is 252 g/mol. The minimum absolute atomic E-state index is 0.331. The molecule has 1 aliphatic rings. The van der Waals surface area contributed by atoms with Gasteiger partial charge in [-0.2, -0.15) is 0 Å². The van der Waals surface area contributed by atoms with E-state index in [4.69, 9.17) is 10.5 Å². The number of amides is 1. The molecule has 0 bridgehead atoms. The van der Waals surface area contributed by atoms with Gasteiger partial charge in [0.15, 0.2) is 0 Å². The molecule has 1 aliphatic carbocycles. The number of carbonyl (C=O) groups is 1. The van der Waals surface area contributed by atoms with Crippen LogP contribution in [0.15, 0.2) is 24.3 Å². The first-order chi connectivity index (χ1) is 9.70. The molecule has 4 nitrogen and oxygen atoms in total. The highest BCUT2D eigenvalue weighted by atomic mass is 16.5. The Morgan fingerprint density at radius 2 is 2.00 bits per heavy atom. The monoisotopic (exact) mass is 276 g/mol. The molecule has 1 atom stereocenters. The highest BCUT2D eigenvalue weighted by Crippen LogP contribution is 2.23. The van der Waals surface area contributed by atoms with Crippen molar-refractivity contribution >= 4 is 5.91 Å². The molecule has 1 fully saturated rings. The van der Waals surface area contributed by atoms with Gasteiger partial charge in [0, 0.05) is 6.04 Å². The van der Waals surface area contributed by atoms with Crippen LogP contribution in [-0.4, -0.2) is 19.1 Å². The van der Waals surface area contributed by atoms with Crippen molar-refractivity contribution in [1.29, 1.82) is 0 Å². The van der Waals surface area contributed by atoms with Crippen LogP contribution in [0.1, 0.15) is 50.1 Å². The number of methoxy groups -OCH3 is 1. The van der Waals surface area contributed by atoms with E-state index in [-0.39, 0.29) is 5.91 Å². The average molecular weight is 276 g/mol. The fourth-order valence-corrected chi connectivity index (χ4v) is 2.85. The van der Waals surface area contributed by atoms with Gasteiger partial charge in [-0.3, -0.25) is 10.1 Å². The Morgan fingerprint density at radius 3 is 2.60 bits per heavy atom. The van der Waals surface area contributed by atoms with Crippen LogP contribution in [0.25, 0.3) is 0 Å². The zero-order valence-corrected chi connectivity index (χ0v) is 12.1. The number of ether oxygens (including phenoxy) is 1. The Bertz CT molecular complexity index is 440. The fourth-order valence-electron chi connectivity index (χ4n) is 2.85. The van der Waals surface area contributed by atoms with E-state index >= 15 is 0 Å². The van der Waals surface area contributed by atoms with Crippen LogP contribution in [0.4, 0.5) is 0 Å². The zero-order chi connectivity index (χ0) is 14.4. The van der Waals surface area contributed by atoms with Crippen LogP contribution in [-0.2, 0) is 4.79 Å². The third kappa shape index (κ3) is 3.97. The van der Waals surface area contributed by atoms with E-state index in [0.29, 0.717) is 6.04 Å². The molecule has 110 valence electrons. The molecule has 1 unspecified atom stereocenters. The average Bonchev–Trinajstić information content (AvgIpc) is 2.73. The van der Waals surface area contributed by atoms with E-state index in [2.05, 4.69) is 5.32 Å². The summed E-state index contributed by atoms with van der Waals surface area (Å²) in [6.07, 6.45) is 7.27. The minimum Gasteiger partial charge on any atom is -0.497 e. The smallest absolute Gasteiger partial charge is 0.239 e. The molecule has 20 heavy (non-hydrogen) atoms. The van der Waals surface area contributed by atoms with Gasteiger partial charge < -0.3 is 10.5 Å². The zero-order valence-electron chi connectivity index (χ0n) is 12.1. The molecular formula is C16H24N2O2. The number of carbonyl (C=O) groups excluding carboxylic acids is 1. The molecule has 1 aromatic carbocycles. The molecule has 4 heteroatoms. The summed E-state index contributed by atoms with van der Waals surface area (Å²) in [4.78, 5) is 11.8. The number of hydrogen-bond acceptors (Lipinski definition) is 3. The van der Waals surface area contributed by atoms with Crippen LogP contribution in [0.3, 0.4) is 0 Å². The summed E-state index contributed by atoms with van der Waals surface area (Å²) >= 11 is 0. The van der Waals surface area contributed by atoms with Gasteiger partial charge in [-0.05, 0) is 30.5 Å². The minimum atomic E-state index is -0.437. The second-order valence-electron chi connectivity index (χ2n) is 5.47. The maximum atomic E-state index is 11.8. The fraction of sp³-hybridized carbons (Fsp3) is 0.562. The summed E-state index contributed by atoms with van der Waals surface area (Å²) in [6, 6.07) is 7.49. The first-order valence-corrected chi connectivity index (χ1v) is 7.40. The van der Waals surface area contributed by atoms with Gasteiger partial charge in [-0.15, -0.1) is 0 Å². The normalized spacial score (nSPS) is 18.2. The summed E-state index contributed by atoms with van der Waals surface area (Å²) in [6.45, 7) is 0. The van der Waals surface area contributed by atoms with Crippen molar-refractivity contribution in [2.75, 3.05) is 7.11 Å². The maximum Gasteiger partial charge on any atom is 0.239 e. The molecule has 1 amide bonds. The first kappa shape index (κ1) is 14.9. The Kier molecular flexibility index (Phi) is 5.41. The van der Waals surface area contributed by atoms with Crippen LogP contribution < -0.4 is 15.8 Å². The first-order valence-electron chi connectivity index (χ1n) is 7.40. The number of hydrogen-bond donors (Lipinski definition) is 2. The molecule has 2 rings (SSSR count). The summed E-state index contributed by atoms with van der Waals surface area (Å²) < 4.78 is 5.21. The molecule has 0 radical (unpaired) electrons. The van der Waals surface area contributed by atoms with Crippen molar-refractivity contribution in [1.82, 2.24) is 5.32 Å². The van der Waals surface area contributed by atoms with Gasteiger partial charge in [0.05, 0.1) is 7.11 Å². The quantitative estimate of drug-likeness (QED) is 0.812. The molecule has 0 aromatic heterocycles. The number of nitrogens with one attached hydrogen (secondary N) is 1. The maximum absolute atomic E-state index is 11.8. The Hall–Kier alpha value is -1.55. The molecule has 0 saturated heterocycles. The summed E-state index contributed by atoms with van der Waals surface area (Å²) in [5.74, 6) is 0.416. The van der Waals surface area contributed by atoms with E-state index in [9.17, 15) is 4.79 Å². The molecule has 3 N–H and O–H groups in total. The van der Waals surface area contributed by atoms with E-state index in [1.54, 1.807) is 7.11 Å². The van der Waals surface area contributed by atoms with Gasteiger partial charge in [-0.25, -0.2) is 0 Å². The van der Waals surface area contributed by atoms with E-state index in [1.165, 1.54) is 25.7 Å². The van der Waals surface area contributed by atoms with E-state index in [1.807, 2.05) is 24.3 Å². The van der Waals surface area contributed by atoms with Gasteiger partial charge in [0.1, 0.15) is 11.8 Å². The van der Waals surface area contributed by atoms with Crippen molar-refractivity contribution in [2.24, 2.45) is 5.73 Å². The Labute approximate surface area is 120 Å². The van der Waals surface area contributed by atoms with Crippen molar-refractivity contribution < 1.29 is 9.53 Å². The highest BCUT2D eigenvalue weighted by Gasteiger charge is 2.22. The molecule has 1 saturated carbocycles. The van der Waals surface area contributed by atoms with Gasteiger partial charge >= 0.3 is 0 Å². The molecule has 0 heterocycles. The second-order valence-corrected chi connectivity index (χ2v) is 5.47. The Morgan fingerprint density at radius 1 is 1.30 bits per heavy atom. The van der Waals surface area contributed by atoms with E-state index < -0.39 is 6.04 Å². The number of nitrogens with two attached hydrogens (primary N) is 1. The lowest BCUT2D eigenvalue weighted by molar-refractivity contribution is -0.120. The van der Waals surface area contributed by atoms with Crippen LogP contribution in [0.5, 0.6) is 5.75 Å². The molecule has 0 spiro atoms. The van der Waals surface area contributed by atoms with E-state index in [0.717, 1.165) is 24.2 Å². The SMILES string of the molecule is COc1cccc(C(NC2CCCCCC2)C(N)=O)c1. The molecule has 1 aromatic rings. The number of primary amides is 1. The highest BCUT2D eigenvalue weighted by molar-refractivity contribution is 5.81. The predicted octanol–water partition coefficient (Wildman–Crippen LogP) is 2.53. The largest absolute Gasteiger partial charge is 0.497 e. The lowest BCUT2D eigenvalue weighted by atomic mass is 10.0. The molecule has 0 aliphatic heterocycles. The number of rotatable bonds is 5. The summed E-state index contributed by atoms with van der Waals surface area (Å²) in [5.41, 5.74) is 6.45. The van der Waals surface area contributed by atoms with Crippen molar-refractivity contribution in [3.05, 3.63) is 29.8 Å². The lowest BCUT2D eigenvalue weighted by Crippen LogP contribution is -2.39. The lowest BCUT2D eigenvalue weighted by Gasteiger charge is -2.23. The van der Waals surface area contributed by atoms with Crippen LogP contribution >= 0.6 is 0 Å². The second kappa shape index (κ2) is 7.29. The predicted molar refractivity (Wildman–Crippen MR) is 79.6 cm³/mol. The summed E-state index contributed by atoms with van der Waals surface area (Å²) in [7, 11) is 1.62. The third-order valence-electron chi connectivity index (χ3n) is 3.97.